The number of aromatic nitrogens is 5. The van der Waals surface area contributed by atoms with Crippen LogP contribution < -0.4 is 11.2 Å². The quantitative estimate of drug-likeness (QED) is 0.456. The maximum Gasteiger partial charge on any atom is 0.332 e. The van der Waals surface area contributed by atoms with Gasteiger partial charge in [0.1, 0.15) is 5.82 Å². The highest BCUT2D eigenvalue weighted by Crippen LogP contribution is 2.25. The van der Waals surface area contributed by atoms with Crippen molar-refractivity contribution in [2.24, 2.45) is 7.05 Å². The normalized spacial score (nSPS) is 11.8. The highest BCUT2D eigenvalue weighted by molar-refractivity contribution is 5.77. The van der Waals surface area contributed by atoms with E-state index >= 15 is 0 Å². The van der Waals surface area contributed by atoms with Gasteiger partial charge in [0, 0.05) is 25.0 Å². The summed E-state index contributed by atoms with van der Waals surface area (Å²) < 4.78 is 20.7. The van der Waals surface area contributed by atoms with Crippen molar-refractivity contribution in [1.29, 1.82) is 0 Å². The van der Waals surface area contributed by atoms with E-state index in [0.717, 1.165) is 37.1 Å². The van der Waals surface area contributed by atoms with Crippen LogP contribution in [0.1, 0.15) is 44.0 Å². The molecule has 0 atom stereocenters. The third kappa shape index (κ3) is 2.89. The average molecular weight is 411 g/mol. The molecule has 7 nitrogen and oxygen atoms in total. The molecule has 0 aliphatic heterocycles. The zero-order valence-electron chi connectivity index (χ0n) is 17.8. The van der Waals surface area contributed by atoms with Crippen LogP contribution in [0, 0.1) is 19.7 Å². The lowest BCUT2D eigenvalue weighted by atomic mass is 10.2. The zero-order valence-corrected chi connectivity index (χ0v) is 17.8. The summed E-state index contributed by atoms with van der Waals surface area (Å²) >= 11 is 0. The molecule has 4 aromatic rings. The van der Waals surface area contributed by atoms with Crippen molar-refractivity contribution in [1.82, 2.24) is 23.1 Å². The summed E-state index contributed by atoms with van der Waals surface area (Å²) in [7, 11) is 1.62. The highest BCUT2D eigenvalue weighted by atomic mass is 19.1. The van der Waals surface area contributed by atoms with Gasteiger partial charge in [-0.1, -0.05) is 38.3 Å². The van der Waals surface area contributed by atoms with E-state index in [1.807, 2.05) is 13.8 Å². The molecule has 0 saturated carbocycles. The molecule has 0 fully saturated rings. The van der Waals surface area contributed by atoms with Crippen LogP contribution in [0.15, 0.2) is 33.9 Å². The predicted octanol–water partition coefficient (Wildman–Crippen LogP) is 3.47. The SMILES string of the molecule is CCCCCCn1c(=O)c2c(nc3n(-c4ccccc4F)c(C)c(C)n23)n(C)c1=O. The van der Waals surface area contributed by atoms with E-state index in [0.29, 0.717) is 29.2 Å². The van der Waals surface area contributed by atoms with E-state index < -0.39 is 0 Å². The van der Waals surface area contributed by atoms with Crippen LogP contribution in [-0.4, -0.2) is 23.1 Å². The van der Waals surface area contributed by atoms with Crippen molar-refractivity contribution in [3.63, 3.8) is 0 Å². The van der Waals surface area contributed by atoms with E-state index in [4.69, 9.17) is 0 Å². The van der Waals surface area contributed by atoms with Crippen molar-refractivity contribution >= 4 is 16.9 Å². The first-order valence-corrected chi connectivity index (χ1v) is 10.3. The number of benzene rings is 1. The Bertz CT molecular complexity index is 1370. The maximum absolute atomic E-state index is 14.6. The number of hydrogen-bond donors (Lipinski definition) is 0. The Kier molecular flexibility index (Phi) is 5.09. The number of hydrogen-bond acceptors (Lipinski definition) is 3. The topological polar surface area (TPSA) is 66.2 Å². The minimum Gasteiger partial charge on any atom is -0.280 e. The number of halogens is 1. The van der Waals surface area contributed by atoms with Gasteiger partial charge in [-0.2, -0.15) is 4.98 Å². The maximum atomic E-state index is 14.6. The molecule has 0 unspecified atom stereocenters. The summed E-state index contributed by atoms with van der Waals surface area (Å²) in [5.74, 6) is 0.0355. The smallest absolute Gasteiger partial charge is 0.280 e. The predicted molar refractivity (Wildman–Crippen MR) is 115 cm³/mol. The molecular formula is C22H26FN5O2. The lowest BCUT2D eigenvalue weighted by Gasteiger charge is -2.08. The van der Waals surface area contributed by atoms with Crippen molar-refractivity contribution < 1.29 is 4.39 Å². The second-order valence-corrected chi connectivity index (χ2v) is 7.74. The van der Waals surface area contributed by atoms with Gasteiger partial charge in [0.05, 0.1) is 5.69 Å². The van der Waals surface area contributed by atoms with Crippen LogP contribution in [0.4, 0.5) is 4.39 Å². The van der Waals surface area contributed by atoms with Gasteiger partial charge in [-0.05, 0) is 32.4 Å². The number of unbranched alkanes of at least 4 members (excludes halogenated alkanes) is 3. The van der Waals surface area contributed by atoms with Crippen LogP contribution >= 0.6 is 0 Å². The standard InChI is InChI=1S/C22H26FN5O2/c1-5-6-7-10-13-26-20(29)18-19(25(4)22(26)30)24-21-27(14(2)15(3)28(18)21)17-12-9-8-11-16(17)23/h8-9,11-12H,5-7,10,13H2,1-4H3. The molecule has 30 heavy (non-hydrogen) atoms. The van der Waals surface area contributed by atoms with Crippen molar-refractivity contribution in [2.75, 3.05) is 0 Å². The van der Waals surface area contributed by atoms with Crippen LogP contribution in [0.5, 0.6) is 0 Å². The van der Waals surface area contributed by atoms with Gasteiger partial charge in [0.25, 0.3) is 5.56 Å². The molecule has 8 heteroatoms. The third-order valence-corrected chi connectivity index (χ3v) is 5.85. The number of aryl methyl sites for hydroxylation is 2. The molecule has 0 aliphatic carbocycles. The summed E-state index contributed by atoms with van der Waals surface area (Å²) in [6.45, 7) is 6.23. The van der Waals surface area contributed by atoms with Crippen molar-refractivity contribution in [3.8, 4) is 5.69 Å². The lowest BCUT2D eigenvalue weighted by molar-refractivity contribution is 0.539. The second kappa shape index (κ2) is 7.59. The Morgan fingerprint density at radius 3 is 2.47 bits per heavy atom. The summed E-state index contributed by atoms with van der Waals surface area (Å²) in [6.07, 6.45) is 3.88. The van der Waals surface area contributed by atoms with Crippen LogP contribution in [0.2, 0.25) is 0 Å². The Hall–Kier alpha value is -3.16. The number of rotatable bonds is 6. The second-order valence-electron chi connectivity index (χ2n) is 7.74. The molecule has 3 aromatic heterocycles. The minimum absolute atomic E-state index is 0.304. The Morgan fingerprint density at radius 2 is 1.77 bits per heavy atom. The van der Waals surface area contributed by atoms with E-state index in [2.05, 4.69) is 11.9 Å². The number of para-hydroxylation sites is 1. The fourth-order valence-electron chi connectivity index (χ4n) is 4.07. The first kappa shape index (κ1) is 20.1. The van der Waals surface area contributed by atoms with Crippen molar-refractivity contribution in [2.45, 2.75) is 53.0 Å². The number of nitrogens with zero attached hydrogens (tertiary/aromatic N) is 5. The Balaban J connectivity index is 2.02. The monoisotopic (exact) mass is 411 g/mol. The lowest BCUT2D eigenvalue weighted by Crippen LogP contribution is -2.39. The summed E-state index contributed by atoms with van der Waals surface area (Å²) in [5, 5.41) is 0. The largest absolute Gasteiger partial charge is 0.332 e. The first-order valence-electron chi connectivity index (χ1n) is 10.3. The Labute approximate surface area is 173 Å². The van der Waals surface area contributed by atoms with Gasteiger partial charge in [0.2, 0.25) is 5.78 Å². The van der Waals surface area contributed by atoms with Gasteiger partial charge in [0.15, 0.2) is 11.2 Å². The fourth-order valence-corrected chi connectivity index (χ4v) is 4.07. The molecule has 0 bridgehead atoms. The van der Waals surface area contributed by atoms with Gasteiger partial charge < -0.3 is 0 Å². The van der Waals surface area contributed by atoms with Crippen LogP contribution in [0.3, 0.4) is 0 Å². The van der Waals surface area contributed by atoms with E-state index in [1.54, 1.807) is 34.2 Å². The van der Waals surface area contributed by atoms with E-state index in [-0.39, 0.29) is 17.1 Å². The van der Waals surface area contributed by atoms with Gasteiger partial charge in [-0.3, -0.25) is 22.9 Å². The number of fused-ring (bicyclic) bond motifs is 3. The van der Waals surface area contributed by atoms with Crippen LogP contribution in [0.25, 0.3) is 22.6 Å². The molecule has 4 rings (SSSR count). The summed E-state index contributed by atoms with van der Waals surface area (Å²) in [5.41, 5.74) is 1.84. The molecule has 3 heterocycles. The summed E-state index contributed by atoms with van der Waals surface area (Å²) in [4.78, 5) is 30.8. The van der Waals surface area contributed by atoms with E-state index in [9.17, 15) is 14.0 Å². The highest BCUT2D eigenvalue weighted by Gasteiger charge is 2.23. The third-order valence-electron chi connectivity index (χ3n) is 5.85. The molecular weight excluding hydrogens is 385 g/mol. The molecule has 0 amide bonds. The minimum atomic E-state index is -0.382. The first-order chi connectivity index (χ1) is 14.4. The summed E-state index contributed by atoms with van der Waals surface area (Å²) in [6, 6.07) is 6.45. The van der Waals surface area contributed by atoms with Gasteiger partial charge >= 0.3 is 5.69 Å². The molecule has 0 radical (unpaired) electrons. The Morgan fingerprint density at radius 1 is 1.03 bits per heavy atom. The molecule has 0 saturated heterocycles. The van der Waals surface area contributed by atoms with Gasteiger partial charge in [-0.25, -0.2) is 9.18 Å². The molecule has 0 spiro atoms. The zero-order chi connectivity index (χ0) is 21.6. The number of imidazole rings is 2. The molecule has 0 N–H and O–H groups in total. The molecule has 1 aromatic carbocycles. The fraction of sp³-hybridized carbons (Fsp3) is 0.409. The van der Waals surface area contributed by atoms with Crippen LogP contribution in [-0.2, 0) is 13.6 Å². The van der Waals surface area contributed by atoms with Crippen molar-refractivity contribution in [3.05, 3.63) is 62.3 Å². The molecule has 0 aliphatic rings. The van der Waals surface area contributed by atoms with Gasteiger partial charge in [-0.15, -0.1) is 0 Å². The van der Waals surface area contributed by atoms with E-state index in [1.165, 1.54) is 15.2 Å². The molecule has 158 valence electrons. The average Bonchev–Trinajstić information content (AvgIpc) is 3.22.